The molecular formula is C23H26BrN3O2S. The molecular weight excluding hydrogens is 462 g/mol. The zero-order valence-electron chi connectivity index (χ0n) is 17.2. The van der Waals surface area contributed by atoms with Gasteiger partial charge in [-0.25, -0.2) is 9.98 Å². The summed E-state index contributed by atoms with van der Waals surface area (Å²) in [6.07, 6.45) is 4.15. The number of rotatable bonds is 4. The summed E-state index contributed by atoms with van der Waals surface area (Å²) >= 11 is 1.27. The summed E-state index contributed by atoms with van der Waals surface area (Å²) in [6, 6.07) is 16.5. The first-order valence-corrected chi connectivity index (χ1v) is 10.9. The summed E-state index contributed by atoms with van der Waals surface area (Å²) in [5.41, 5.74) is 3.98. The van der Waals surface area contributed by atoms with Crippen LogP contribution in [0.5, 0.6) is 0 Å². The van der Waals surface area contributed by atoms with E-state index in [9.17, 15) is 9.90 Å². The molecule has 7 heteroatoms. The van der Waals surface area contributed by atoms with E-state index in [0.717, 1.165) is 53.6 Å². The van der Waals surface area contributed by atoms with Crippen LogP contribution in [0.25, 0.3) is 0 Å². The number of carbonyl (C=O) groups is 1. The molecule has 1 fully saturated rings. The van der Waals surface area contributed by atoms with E-state index in [1.54, 1.807) is 0 Å². The van der Waals surface area contributed by atoms with Crippen molar-refractivity contribution in [2.75, 3.05) is 10.7 Å². The number of anilines is 1. The highest BCUT2D eigenvalue weighted by molar-refractivity contribution is 8.93. The Hall–Kier alpha value is -2.12. The van der Waals surface area contributed by atoms with Gasteiger partial charge < -0.3 is 10.0 Å². The SMILES string of the molecule is Br.Cc1ccc(N2C(SCC(=O)O)=NC(=Nc3cccc(C)c3)C23CCCC3)cc1. The molecule has 1 heterocycles. The molecule has 2 aromatic rings. The van der Waals surface area contributed by atoms with Crippen LogP contribution in [0.4, 0.5) is 11.4 Å². The van der Waals surface area contributed by atoms with Crippen LogP contribution >= 0.6 is 28.7 Å². The van der Waals surface area contributed by atoms with E-state index in [2.05, 4.69) is 55.1 Å². The monoisotopic (exact) mass is 487 g/mol. The van der Waals surface area contributed by atoms with Crippen molar-refractivity contribution in [2.24, 2.45) is 9.98 Å². The zero-order valence-corrected chi connectivity index (χ0v) is 19.7. The van der Waals surface area contributed by atoms with E-state index in [4.69, 9.17) is 9.98 Å². The molecule has 5 nitrogen and oxygen atoms in total. The molecule has 0 radical (unpaired) electrons. The molecule has 0 saturated heterocycles. The lowest BCUT2D eigenvalue weighted by Gasteiger charge is -2.36. The Morgan fingerprint density at radius 1 is 1.13 bits per heavy atom. The summed E-state index contributed by atoms with van der Waals surface area (Å²) in [5.74, 6) is -0.0604. The highest BCUT2D eigenvalue weighted by Gasteiger charge is 2.51. The molecule has 0 aromatic heterocycles. The Kier molecular flexibility index (Phi) is 7.03. The Labute approximate surface area is 192 Å². The molecule has 1 spiro atoms. The molecule has 4 rings (SSSR count). The van der Waals surface area contributed by atoms with Gasteiger partial charge in [-0.3, -0.25) is 4.79 Å². The summed E-state index contributed by atoms with van der Waals surface area (Å²) in [4.78, 5) is 23.3. The van der Waals surface area contributed by atoms with Crippen LogP contribution in [0.3, 0.4) is 0 Å². The van der Waals surface area contributed by atoms with Crippen molar-refractivity contribution in [3.63, 3.8) is 0 Å². The van der Waals surface area contributed by atoms with Gasteiger partial charge in [0.1, 0.15) is 5.54 Å². The second-order valence-corrected chi connectivity index (χ2v) is 8.70. The first kappa shape index (κ1) is 22.6. The minimum Gasteiger partial charge on any atom is -0.481 e. The fourth-order valence-corrected chi connectivity index (χ4v) is 4.97. The Bertz CT molecular complexity index is 982. The fraction of sp³-hybridized carbons (Fsp3) is 0.348. The minimum atomic E-state index is -0.842. The highest BCUT2D eigenvalue weighted by Crippen LogP contribution is 2.45. The molecule has 0 amide bonds. The van der Waals surface area contributed by atoms with E-state index in [-0.39, 0.29) is 28.3 Å². The lowest BCUT2D eigenvalue weighted by atomic mass is 9.94. The van der Waals surface area contributed by atoms with E-state index in [1.165, 1.54) is 17.3 Å². The molecule has 0 bridgehead atoms. The summed E-state index contributed by atoms with van der Waals surface area (Å²) in [6.45, 7) is 4.12. The van der Waals surface area contributed by atoms with Crippen molar-refractivity contribution >= 4 is 57.1 Å². The third kappa shape index (κ3) is 4.47. The van der Waals surface area contributed by atoms with Crippen molar-refractivity contribution in [2.45, 2.75) is 45.1 Å². The molecule has 2 aromatic carbocycles. The molecule has 30 heavy (non-hydrogen) atoms. The predicted molar refractivity (Wildman–Crippen MR) is 131 cm³/mol. The van der Waals surface area contributed by atoms with Gasteiger partial charge in [0.25, 0.3) is 0 Å². The van der Waals surface area contributed by atoms with Crippen molar-refractivity contribution in [3.05, 3.63) is 59.7 Å². The van der Waals surface area contributed by atoms with Crippen molar-refractivity contribution in [3.8, 4) is 0 Å². The number of aliphatic imine (C=N–C) groups is 2. The topological polar surface area (TPSA) is 65.3 Å². The molecule has 1 aliphatic heterocycles. The van der Waals surface area contributed by atoms with E-state index in [0.29, 0.717) is 0 Å². The van der Waals surface area contributed by atoms with Gasteiger partial charge >= 0.3 is 5.97 Å². The van der Waals surface area contributed by atoms with Crippen LogP contribution in [0, 0.1) is 13.8 Å². The van der Waals surface area contributed by atoms with Gasteiger partial charge in [-0.1, -0.05) is 54.4 Å². The van der Waals surface area contributed by atoms with Gasteiger partial charge in [-0.2, -0.15) is 0 Å². The number of amidine groups is 2. The fourth-order valence-electron chi connectivity index (χ4n) is 4.16. The Morgan fingerprint density at radius 3 is 2.47 bits per heavy atom. The normalized spacial score (nSPS) is 18.5. The first-order valence-electron chi connectivity index (χ1n) is 9.94. The second kappa shape index (κ2) is 9.35. The third-order valence-electron chi connectivity index (χ3n) is 5.52. The van der Waals surface area contributed by atoms with E-state index in [1.807, 2.05) is 12.1 Å². The van der Waals surface area contributed by atoms with E-state index >= 15 is 0 Å². The minimum absolute atomic E-state index is 0. The van der Waals surface area contributed by atoms with Gasteiger partial charge in [0, 0.05) is 5.69 Å². The van der Waals surface area contributed by atoms with Crippen molar-refractivity contribution in [1.82, 2.24) is 0 Å². The number of aliphatic carboxylic acids is 1. The maximum Gasteiger partial charge on any atom is 0.313 e. The molecule has 0 unspecified atom stereocenters. The van der Waals surface area contributed by atoms with Crippen molar-refractivity contribution < 1.29 is 9.90 Å². The van der Waals surface area contributed by atoms with Crippen molar-refractivity contribution in [1.29, 1.82) is 0 Å². The smallest absolute Gasteiger partial charge is 0.313 e. The lowest BCUT2D eigenvalue weighted by Crippen LogP contribution is -2.49. The van der Waals surface area contributed by atoms with Crippen LogP contribution in [-0.4, -0.2) is 33.4 Å². The lowest BCUT2D eigenvalue weighted by molar-refractivity contribution is -0.133. The quantitative estimate of drug-likeness (QED) is 0.581. The molecule has 1 aliphatic carbocycles. The summed E-state index contributed by atoms with van der Waals surface area (Å²) in [7, 11) is 0. The summed E-state index contributed by atoms with van der Waals surface area (Å²) in [5, 5.41) is 9.96. The van der Waals surface area contributed by atoms with Crippen LogP contribution in [0.15, 0.2) is 58.5 Å². The highest BCUT2D eigenvalue weighted by atomic mass is 79.9. The van der Waals surface area contributed by atoms with Gasteiger partial charge in [0.2, 0.25) is 0 Å². The molecule has 1 saturated carbocycles. The average Bonchev–Trinajstić information content (AvgIpc) is 3.28. The number of halogens is 1. The average molecular weight is 488 g/mol. The number of carboxylic acid groups (broad SMARTS) is 1. The number of carboxylic acids is 1. The molecule has 1 N–H and O–H groups in total. The number of hydrogen-bond donors (Lipinski definition) is 1. The van der Waals surface area contributed by atoms with Gasteiger partial charge in [0.15, 0.2) is 11.0 Å². The maximum absolute atomic E-state index is 11.2. The number of hydrogen-bond acceptors (Lipinski definition) is 4. The molecule has 0 atom stereocenters. The number of thioether (sulfide) groups is 1. The van der Waals surface area contributed by atoms with Gasteiger partial charge in [0.05, 0.1) is 11.4 Å². The first-order chi connectivity index (χ1) is 14.0. The standard InChI is InChI=1S/C23H25N3O2S.BrH/c1-16-8-10-19(11-9-16)26-22(29-15-20(27)28)25-21(23(26)12-3-4-13-23)24-18-7-5-6-17(2)14-18;/h5-11,14H,3-4,12-13,15H2,1-2H3,(H,27,28);1H. The Balaban J connectivity index is 0.00000256. The Morgan fingerprint density at radius 2 is 1.83 bits per heavy atom. The second-order valence-electron chi connectivity index (χ2n) is 7.76. The number of benzene rings is 2. The maximum atomic E-state index is 11.2. The van der Waals surface area contributed by atoms with Crippen LogP contribution < -0.4 is 4.90 Å². The summed E-state index contributed by atoms with van der Waals surface area (Å²) < 4.78 is 0. The molecule has 158 valence electrons. The number of nitrogens with zero attached hydrogens (tertiary/aromatic N) is 3. The van der Waals surface area contributed by atoms with Crippen LogP contribution in [0.2, 0.25) is 0 Å². The largest absolute Gasteiger partial charge is 0.481 e. The van der Waals surface area contributed by atoms with Crippen LogP contribution in [0.1, 0.15) is 36.8 Å². The zero-order chi connectivity index (χ0) is 20.4. The number of aryl methyl sites for hydroxylation is 2. The predicted octanol–water partition coefficient (Wildman–Crippen LogP) is 5.92. The van der Waals surface area contributed by atoms with E-state index < -0.39 is 5.97 Å². The molecule has 2 aliphatic rings. The van der Waals surface area contributed by atoms with Gasteiger partial charge in [-0.05, 0) is 56.5 Å². The third-order valence-corrected chi connectivity index (χ3v) is 6.44. The van der Waals surface area contributed by atoms with Crippen LogP contribution in [-0.2, 0) is 4.79 Å². The van der Waals surface area contributed by atoms with Gasteiger partial charge in [-0.15, -0.1) is 17.0 Å².